The maximum atomic E-state index is 5.30. The van der Waals surface area contributed by atoms with Gasteiger partial charge in [-0.1, -0.05) is 6.42 Å². The average molecular weight is 294 g/mol. The number of aromatic nitrogens is 3. The molecule has 1 aliphatic heterocycles. The van der Waals surface area contributed by atoms with E-state index in [9.17, 15) is 0 Å². The molecule has 0 aromatic carbocycles. The number of ether oxygens (including phenoxy) is 1. The van der Waals surface area contributed by atoms with Gasteiger partial charge >= 0.3 is 0 Å². The summed E-state index contributed by atoms with van der Waals surface area (Å²) in [5, 5.41) is 15.1. The first-order chi connectivity index (χ1) is 10.3. The van der Waals surface area contributed by atoms with Crippen LogP contribution in [0.2, 0.25) is 0 Å². The molecule has 0 atom stereocenters. The van der Waals surface area contributed by atoms with Crippen molar-refractivity contribution < 1.29 is 4.74 Å². The summed E-state index contributed by atoms with van der Waals surface area (Å²) < 4.78 is 7.54. The van der Waals surface area contributed by atoms with Gasteiger partial charge in [0, 0.05) is 33.2 Å². The number of hydrogen-bond donors (Lipinski definition) is 2. The summed E-state index contributed by atoms with van der Waals surface area (Å²) in [5.41, 5.74) is 0. The molecule has 1 aromatic heterocycles. The number of guanidine groups is 1. The second-order valence-electron chi connectivity index (χ2n) is 5.04. The van der Waals surface area contributed by atoms with Gasteiger partial charge in [0.1, 0.15) is 5.82 Å². The zero-order chi connectivity index (χ0) is 14.9. The van der Waals surface area contributed by atoms with Gasteiger partial charge in [-0.3, -0.25) is 4.99 Å². The van der Waals surface area contributed by atoms with E-state index in [2.05, 4.69) is 30.4 Å². The number of aliphatic imine (C=N–C) groups is 1. The molecular weight excluding hydrogens is 268 g/mol. The Bertz CT molecular complexity index is 456. The minimum absolute atomic E-state index is 0.640. The summed E-state index contributed by atoms with van der Waals surface area (Å²) in [4.78, 5) is 4.20. The molecule has 21 heavy (non-hydrogen) atoms. The highest BCUT2D eigenvalue weighted by Gasteiger charge is 2.14. The first kappa shape index (κ1) is 15.8. The normalized spacial score (nSPS) is 15.4. The molecule has 1 aromatic rings. The van der Waals surface area contributed by atoms with E-state index in [4.69, 9.17) is 4.74 Å². The lowest BCUT2D eigenvalue weighted by Crippen LogP contribution is -2.39. The van der Waals surface area contributed by atoms with Gasteiger partial charge in [-0.25, -0.2) is 0 Å². The summed E-state index contributed by atoms with van der Waals surface area (Å²) in [6.45, 7) is 5.81. The van der Waals surface area contributed by atoms with E-state index in [-0.39, 0.29) is 0 Å². The Hall–Kier alpha value is -1.63. The number of nitrogens with zero attached hydrogens (tertiary/aromatic N) is 4. The van der Waals surface area contributed by atoms with Crippen LogP contribution in [0.3, 0.4) is 0 Å². The summed E-state index contributed by atoms with van der Waals surface area (Å²) >= 11 is 0. The van der Waals surface area contributed by atoms with Crippen molar-refractivity contribution in [3.8, 4) is 0 Å². The fourth-order valence-electron chi connectivity index (χ4n) is 2.45. The van der Waals surface area contributed by atoms with Gasteiger partial charge in [0.25, 0.3) is 0 Å². The molecule has 0 bridgehead atoms. The van der Waals surface area contributed by atoms with E-state index in [0.29, 0.717) is 13.2 Å². The minimum Gasteiger partial charge on any atom is -0.380 e. The molecule has 2 heterocycles. The van der Waals surface area contributed by atoms with Crippen LogP contribution in [0.4, 0.5) is 0 Å². The highest BCUT2D eigenvalue weighted by Crippen LogP contribution is 2.14. The fourth-order valence-corrected chi connectivity index (χ4v) is 2.45. The molecule has 2 rings (SSSR count). The second kappa shape index (κ2) is 8.61. The molecule has 7 nitrogen and oxygen atoms in total. The molecule has 7 heteroatoms. The largest absolute Gasteiger partial charge is 0.380 e. The average Bonchev–Trinajstić information content (AvgIpc) is 2.74. The van der Waals surface area contributed by atoms with E-state index >= 15 is 0 Å². The maximum Gasteiger partial charge on any atom is 0.191 e. The molecule has 2 N–H and O–H groups in total. The Labute approximate surface area is 126 Å². The highest BCUT2D eigenvalue weighted by molar-refractivity contribution is 5.79. The first-order valence-electron chi connectivity index (χ1n) is 7.78. The fraction of sp³-hybridized carbons (Fsp3) is 0.786. The third kappa shape index (κ3) is 4.70. The van der Waals surface area contributed by atoms with Gasteiger partial charge < -0.3 is 19.9 Å². The van der Waals surface area contributed by atoms with Crippen LogP contribution >= 0.6 is 0 Å². The van der Waals surface area contributed by atoms with Gasteiger partial charge in [0.05, 0.1) is 13.2 Å². The Morgan fingerprint density at radius 1 is 1.29 bits per heavy atom. The number of fused-ring (bicyclic) bond motifs is 1. The number of rotatable bonds is 6. The SMILES string of the molecule is CCOCCNC(=NC)NCc1nnc2n1CCCCC2. The van der Waals surface area contributed by atoms with E-state index in [1.807, 2.05) is 6.92 Å². The molecule has 118 valence electrons. The Balaban J connectivity index is 1.83. The monoisotopic (exact) mass is 294 g/mol. The van der Waals surface area contributed by atoms with Crippen LogP contribution < -0.4 is 10.6 Å². The zero-order valence-corrected chi connectivity index (χ0v) is 13.1. The lowest BCUT2D eigenvalue weighted by molar-refractivity contribution is 0.152. The zero-order valence-electron chi connectivity index (χ0n) is 13.1. The summed E-state index contributed by atoms with van der Waals surface area (Å²) in [5.74, 6) is 2.86. The Morgan fingerprint density at radius 2 is 2.19 bits per heavy atom. The molecule has 0 spiro atoms. The molecule has 0 radical (unpaired) electrons. The third-order valence-corrected chi connectivity index (χ3v) is 3.57. The smallest absolute Gasteiger partial charge is 0.191 e. The maximum absolute atomic E-state index is 5.30. The van der Waals surface area contributed by atoms with Crippen molar-refractivity contribution in [1.82, 2.24) is 25.4 Å². The molecule has 0 amide bonds. The topological polar surface area (TPSA) is 76.4 Å². The van der Waals surface area contributed by atoms with Crippen LogP contribution in [0, 0.1) is 0 Å². The van der Waals surface area contributed by atoms with Gasteiger partial charge in [0.2, 0.25) is 0 Å². The van der Waals surface area contributed by atoms with Gasteiger partial charge in [-0.15, -0.1) is 10.2 Å². The van der Waals surface area contributed by atoms with E-state index in [1.165, 1.54) is 19.3 Å². The van der Waals surface area contributed by atoms with Gasteiger partial charge in [-0.2, -0.15) is 0 Å². The van der Waals surface area contributed by atoms with Crippen molar-refractivity contribution in [3.63, 3.8) is 0 Å². The number of aryl methyl sites for hydroxylation is 1. The minimum atomic E-state index is 0.640. The van der Waals surface area contributed by atoms with Crippen molar-refractivity contribution in [1.29, 1.82) is 0 Å². The first-order valence-corrected chi connectivity index (χ1v) is 7.78. The van der Waals surface area contributed by atoms with Crippen LogP contribution in [0.25, 0.3) is 0 Å². The van der Waals surface area contributed by atoms with Crippen LogP contribution in [0.1, 0.15) is 37.8 Å². The van der Waals surface area contributed by atoms with E-state index in [1.54, 1.807) is 7.05 Å². The molecule has 0 saturated carbocycles. The van der Waals surface area contributed by atoms with Crippen molar-refractivity contribution in [2.24, 2.45) is 4.99 Å². The predicted molar refractivity (Wildman–Crippen MR) is 82.3 cm³/mol. The van der Waals surface area contributed by atoms with Crippen LogP contribution in [0.5, 0.6) is 0 Å². The van der Waals surface area contributed by atoms with Crippen molar-refractivity contribution in [3.05, 3.63) is 11.6 Å². The molecule has 0 aliphatic carbocycles. The summed E-state index contributed by atoms with van der Waals surface area (Å²) in [6.07, 6.45) is 4.73. The molecule has 1 aliphatic rings. The van der Waals surface area contributed by atoms with Crippen LogP contribution in [-0.4, -0.2) is 47.5 Å². The second-order valence-corrected chi connectivity index (χ2v) is 5.04. The predicted octanol–water partition coefficient (Wildman–Crippen LogP) is 0.706. The van der Waals surface area contributed by atoms with E-state index < -0.39 is 0 Å². The van der Waals surface area contributed by atoms with Gasteiger partial charge in [-0.05, 0) is 19.8 Å². The van der Waals surface area contributed by atoms with Gasteiger partial charge in [0.15, 0.2) is 11.8 Å². The van der Waals surface area contributed by atoms with Crippen LogP contribution in [-0.2, 0) is 24.2 Å². The lowest BCUT2D eigenvalue weighted by atomic mass is 10.2. The quantitative estimate of drug-likeness (QED) is 0.459. The van der Waals surface area contributed by atoms with Crippen LogP contribution in [0.15, 0.2) is 4.99 Å². The van der Waals surface area contributed by atoms with Crippen molar-refractivity contribution in [2.75, 3.05) is 26.8 Å². The molecule has 0 saturated heterocycles. The molecule has 0 fully saturated rings. The van der Waals surface area contributed by atoms with Crippen molar-refractivity contribution in [2.45, 2.75) is 45.7 Å². The summed E-state index contributed by atoms with van der Waals surface area (Å²) in [7, 11) is 1.76. The summed E-state index contributed by atoms with van der Waals surface area (Å²) in [6, 6.07) is 0. The molecular formula is C14H26N6O. The standard InChI is InChI=1S/C14H26N6O/c1-3-21-10-8-16-14(15-2)17-11-13-19-18-12-7-5-4-6-9-20(12)13/h3-11H2,1-2H3,(H2,15,16,17). The Morgan fingerprint density at radius 3 is 3.00 bits per heavy atom. The number of hydrogen-bond acceptors (Lipinski definition) is 4. The van der Waals surface area contributed by atoms with E-state index in [0.717, 1.165) is 43.7 Å². The van der Waals surface area contributed by atoms with Crippen molar-refractivity contribution >= 4 is 5.96 Å². The Kier molecular flexibility index (Phi) is 6.46. The molecule has 0 unspecified atom stereocenters. The third-order valence-electron chi connectivity index (χ3n) is 3.57. The lowest BCUT2D eigenvalue weighted by Gasteiger charge is -2.12. The number of nitrogens with one attached hydrogen (secondary N) is 2. The highest BCUT2D eigenvalue weighted by atomic mass is 16.5.